The molecule has 0 amide bonds. The SMILES string of the molecule is ONCc1ccco1. The molecule has 8 heavy (non-hydrogen) atoms. The summed E-state index contributed by atoms with van der Waals surface area (Å²) in [5.41, 5.74) is 1.98. The molecule has 1 rings (SSSR count). The van der Waals surface area contributed by atoms with Gasteiger partial charge in [-0.15, -0.1) is 0 Å². The van der Waals surface area contributed by atoms with Gasteiger partial charge in [-0.1, -0.05) is 0 Å². The van der Waals surface area contributed by atoms with Crippen molar-refractivity contribution in [2.45, 2.75) is 6.54 Å². The summed E-state index contributed by atoms with van der Waals surface area (Å²) in [4.78, 5) is 0. The summed E-state index contributed by atoms with van der Waals surface area (Å²) in [7, 11) is 0. The van der Waals surface area contributed by atoms with Crippen LogP contribution < -0.4 is 5.48 Å². The average Bonchev–Trinajstić information content (AvgIpc) is 2.19. The highest BCUT2D eigenvalue weighted by molar-refractivity contribution is 4.96. The maximum atomic E-state index is 8.13. The first-order valence-electron chi connectivity index (χ1n) is 2.33. The zero-order valence-corrected chi connectivity index (χ0v) is 4.29. The Balaban J connectivity index is 2.50. The van der Waals surface area contributed by atoms with Crippen LogP contribution in [0, 0.1) is 0 Å². The minimum atomic E-state index is 0.368. The summed E-state index contributed by atoms with van der Waals surface area (Å²) in [6.45, 7) is 0.368. The topological polar surface area (TPSA) is 45.4 Å². The van der Waals surface area contributed by atoms with Crippen molar-refractivity contribution in [3.8, 4) is 0 Å². The molecule has 0 saturated carbocycles. The Morgan fingerprint density at radius 3 is 3.12 bits per heavy atom. The van der Waals surface area contributed by atoms with Crippen LogP contribution in [-0.2, 0) is 6.54 Å². The summed E-state index contributed by atoms with van der Waals surface area (Å²) < 4.78 is 4.85. The fourth-order valence-corrected chi connectivity index (χ4v) is 0.491. The third-order valence-electron chi connectivity index (χ3n) is 0.833. The van der Waals surface area contributed by atoms with Gasteiger partial charge in [0.05, 0.1) is 12.8 Å². The van der Waals surface area contributed by atoms with E-state index >= 15 is 0 Å². The molecule has 2 N–H and O–H groups in total. The van der Waals surface area contributed by atoms with E-state index in [1.165, 1.54) is 0 Å². The Labute approximate surface area is 46.9 Å². The van der Waals surface area contributed by atoms with E-state index in [4.69, 9.17) is 9.62 Å². The lowest BCUT2D eigenvalue weighted by Gasteiger charge is -1.88. The van der Waals surface area contributed by atoms with Crippen LogP contribution in [0.3, 0.4) is 0 Å². The van der Waals surface area contributed by atoms with E-state index in [2.05, 4.69) is 0 Å². The standard InChI is InChI=1S/C5H7NO2/c7-6-4-5-2-1-3-8-5/h1-3,6-7H,4H2. The number of furan rings is 1. The highest BCUT2D eigenvalue weighted by Gasteiger charge is 1.88. The lowest BCUT2D eigenvalue weighted by atomic mass is 10.5. The molecule has 0 aromatic carbocycles. The molecule has 0 aliphatic heterocycles. The minimum absolute atomic E-state index is 0.368. The summed E-state index contributed by atoms with van der Waals surface area (Å²) in [6, 6.07) is 3.55. The summed E-state index contributed by atoms with van der Waals surface area (Å²) in [5, 5.41) is 8.13. The molecule has 0 unspecified atom stereocenters. The van der Waals surface area contributed by atoms with Crippen LogP contribution >= 0.6 is 0 Å². The molecule has 44 valence electrons. The Kier molecular flexibility index (Phi) is 1.66. The van der Waals surface area contributed by atoms with Crippen molar-refractivity contribution in [3.63, 3.8) is 0 Å². The monoisotopic (exact) mass is 113 g/mol. The van der Waals surface area contributed by atoms with Gasteiger partial charge >= 0.3 is 0 Å². The molecule has 1 aromatic heterocycles. The average molecular weight is 113 g/mol. The van der Waals surface area contributed by atoms with Crippen molar-refractivity contribution >= 4 is 0 Å². The molecule has 0 aliphatic carbocycles. The van der Waals surface area contributed by atoms with Crippen LogP contribution in [0.4, 0.5) is 0 Å². The second kappa shape index (κ2) is 2.49. The number of nitrogens with one attached hydrogen (secondary N) is 1. The number of rotatable bonds is 2. The van der Waals surface area contributed by atoms with Crippen LogP contribution in [0.25, 0.3) is 0 Å². The molecule has 0 radical (unpaired) electrons. The van der Waals surface area contributed by atoms with Crippen molar-refractivity contribution < 1.29 is 9.62 Å². The molecule has 0 saturated heterocycles. The summed E-state index contributed by atoms with van der Waals surface area (Å²) >= 11 is 0. The van der Waals surface area contributed by atoms with E-state index in [0.29, 0.717) is 6.54 Å². The lowest BCUT2D eigenvalue weighted by Crippen LogP contribution is -2.04. The number of hydrogen-bond acceptors (Lipinski definition) is 3. The molecule has 0 spiro atoms. The van der Waals surface area contributed by atoms with E-state index in [-0.39, 0.29) is 0 Å². The normalized spacial score (nSPS) is 9.62. The fraction of sp³-hybridized carbons (Fsp3) is 0.200. The van der Waals surface area contributed by atoms with Gasteiger partial charge in [0.1, 0.15) is 5.76 Å². The smallest absolute Gasteiger partial charge is 0.119 e. The highest BCUT2D eigenvalue weighted by Crippen LogP contribution is 1.96. The first-order chi connectivity index (χ1) is 3.93. The molecule has 0 atom stereocenters. The first kappa shape index (κ1) is 5.34. The van der Waals surface area contributed by atoms with Crippen LogP contribution in [0.1, 0.15) is 5.76 Å². The van der Waals surface area contributed by atoms with Crippen LogP contribution in [0.2, 0.25) is 0 Å². The third-order valence-corrected chi connectivity index (χ3v) is 0.833. The van der Waals surface area contributed by atoms with E-state index in [1.807, 2.05) is 5.48 Å². The lowest BCUT2D eigenvalue weighted by molar-refractivity contribution is 0.153. The Hall–Kier alpha value is -0.800. The van der Waals surface area contributed by atoms with Gasteiger partial charge in [-0.3, -0.25) is 0 Å². The van der Waals surface area contributed by atoms with Crippen molar-refractivity contribution in [2.75, 3.05) is 0 Å². The molecule has 0 fully saturated rings. The highest BCUT2D eigenvalue weighted by atomic mass is 16.5. The van der Waals surface area contributed by atoms with Crippen LogP contribution in [0.15, 0.2) is 22.8 Å². The Morgan fingerprint density at radius 1 is 1.75 bits per heavy atom. The van der Waals surface area contributed by atoms with Crippen molar-refractivity contribution in [1.82, 2.24) is 5.48 Å². The molecule has 1 heterocycles. The molecule has 1 aromatic rings. The van der Waals surface area contributed by atoms with Gasteiger partial charge in [-0.25, -0.2) is 0 Å². The van der Waals surface area contributed by atoms with E-state index in [0.717, 1.165) is 5.76 Å². The van der Waals surface area contributed by atoms with Gasteiger partial charge in [0.25, 0.3) is 0 Å². The first-order valence-corrected chi connectivity index (χ1v) is 2.33. The minimum Gasteiger partial charge on any atom is -0.468 e. The Morgan fingerprint density at radius 2 is 2.62 bits per heavy atom. The number of hydrogen-bond donors (Lipinski definition) is 2. The molecular weight excluding hydrogens is 106 g/mol. The van der Waals surface area contributed by atoms with Gasteiger partial charge in [0, 0.05) is 0 Å². The second-order valence-electron chi connectivity index (χ2n) is 1.41. The zero-order chi connectivity index (χ0) is 5.82. The van der Waals surface area contributed by atoms with Gasteiger partial charge in [-0.05, 0) is 12.1 Å². The fourth-order valence-electron chi connectivity index (χ4n) is 0.491. The molecule has 3 nitrogen and oxygen atoms in total. The van der Waals surface area contributed by atoms with Crippen molar-refractivity contribution in [1.29, 1.82) is 0 Å². The molecule has 0 bridgehead atoms. The van der Waals surface area contributed by atoms with Crippen molar-refractivity contribution in [3.05, 3.63) is 24.2 Å². The number of hydroxylamine groups is 1. The van der Waals surface area contributed by atoms with E-state index in [1.54, 1.807) is 18.4 Å². The molecular formula is C5H7NO2. The molecule has 0 aliphatic rings. The van der Waals surface area contributed by atoms with Crippen molar-refractivity contribution in [2.24, 2.45) is 0 Å². The van der Waals surface area contributed by atoms with Gasteiger partial charge in [-0.2, -0.15) is 5.48 Å². The van der Waals surface area contributed by atoms with E-state index < -0.39 is 0 Å². The van der Waals surface area contributed by atoms with E-state index in [9.17, 15) is 0 Å². The Bertz CT molecular complexity index is 136. The van der Waals surface area contributed by atoms with Gasteiger partial charge in [0.2, 0.25) is 0 Å². The van der Waals surface area contributed by atoms with Crippen LogP contribution in [0.5, 0.6) is 0 Å². The zero-order valence-electron chi connectivity index (χ0n) is 4.29. The largest absolute Gasteiger partial charge is 0.468 e. The van der Waals surface area contributed by atoms with Gasteiger partial charge < -0.3 is 9.62 Å². The van der Waals surface area contributed by atoms with Crippen LogP contribution in [-0.4, -0.2) is 5.21 Å². The molecule has 3 heteroatoms. The van der Waals surface area contributed by atoms with Gasteiger partial charge in [0.15, 0.2) is 0 Å². The maximum Gasteiger partial charge on any atom is 0.119 e. The summed E-state index contributed by atoms with van der Waals surface area (Å²) in [6.07, 6.45) is 1.56. The predicted octanol–water partition coefficient (Wildman–Crippen LogP) is 0.758. The quantitative estimate of drug-likeness (QED) is 0.556. The summed E-state index contributed by atoms with van der Waals surface area (Å²) in [5.74, 6) is 0.729. The maximum absolute atomic E-state index is 8.13. The third kappa shape index (κ3) is 1.08. The second-order valence-corrected chi connectivity index (χ2v) is 1.41. The predicted molar refractivity (Wildman–Crippen MR) is 27.3 cm³/mol.